The van der Waals surface area contributed by atoms with Gasteiger partial charge in [-0.25, -0.2) is 0 Å². The summed E-state index contributed by atoms with van der Waals surface area (Å²) in [5, 5.41) is 2.12. The van der Waals surface area contributed by atoms with Gasteiger partial charge in [-0.3, -0.25) is 4.98 Å². The van der Waals surface area contributed by atoms with Gasteiger partial charge in [0.2, 0.25) is 5.75 Å². The van der Waals surface area contributed by atoms with Gasteiger partial charge in [0.15, 0.2) is 11.5 Å². The number of hydrogen-bond donors (Lipinski definition) is 0. The first-order valence-corrected chi connectivity index (χ1v) is 12.1. The maximum absolute atomic E-state index is 5.80. The van der Waals surface area contributed by atoms with E-state index in [9.17, 15) is 0 Å². The van der Waals surface area contributed by atoms with Crippen LogP contribution < -0.4 is 18.9 Å². The number of aromatic nitrogens is 1. The van der Waals surface area contributed by atoms with E-state index < -0.39 is 0 Å². The molecule has 0 radical (unpaired) electrons. The van der Waals surface area contributed by atoms with E-state index in [1.54, 1.807) is 28.4 Å². The molecule has 0 bridgehead atoms. The van der Waals surface area contributed by atoms with E-state index in [4.69, 9.17) is 23.9 Å². The summed E-state index contributed by atoms with van der Waals surface area (Å²) in [7, 11) is 6.57. The van der Waals surface area contributed by atoms with Crippen molar-refractivity contribution in [1.82, 2.24) is 4.98 Å². The summed E-state index contributed by atoms with van der Waals surface area (Å²) in [5.74, 6) is 2.66. The van der Waals surface area contributed by atoms with Crippen molar-refractivity contribution >= 4 is 10.8 Å². The van der Waals surface area contributed by atoms with Crippen LogP contribution in [0.25, 0.3) is 33.0 Å². The Morgan fingerprint density at radius 3 is 1.95 bits per heavy atom. The van der Waals surface area contributed by atoms with Gasteiger partial charge in [-0.2, -0.15) is 0 Å². The highest BCUT2D eigenvalue weighted by Crippen LogP contribution is 2.41. The summed E-state index contributed by atoms with van der Waals surface area (Å²) in [5.41, 5.74) is 6.36. The molecule has 186 valence electrons. The maximum Gasteiger partial charge on any atom is 0.203 e. The van der Waals surface area contributed by atoms with Crippen LogP contribution in [-0.4, -0.2) is 33.4 Å². The van der Waals surface area contributed by atoms with Crippen molar-refractivity contribution in [2.45, 2.75) is 6.42 Å². The van der Waals surface area contributed by atoms with Gasteiger partial charge < -0.3 is 18.9 Å². The molecule has 0 fully saturated rings. The van der Waals surface area contributed by atoms with Gasteiger partial charge in [0.05, 0.1) is 34.1 Å². The number of nitrogens with zero attached hydrogens (tertiary/aromatic N) is 1. The smallest absolute Gasteiger partial charge is 0.203 e. The van der Waals surface area contributed by atoms with Crippen molar-refractivity contribution in [2.75, 3.05) is 28.4 Å². The molecule has 0 saturated carbocycles. The average molecular weight is 492 g/mol. The van der Waals surface area contributed by atoms with Crippen LogP contribution in [0.2, 0.25) is 0 Å². The summed E-state index contributed by atoms with van der Waals surface area (Å²) in [6.45, 7) is 0. The minimum atomic E-state index is 0.569. The second-order valence-electron chi connectivity index (χ2n) is 8.64. The topological polar surface area (TPSA) is 49.8 Å². The number of benzene rings is 4. The zero-order valence-corrected chi connectivity index (χ0v) is 21.4. The van der Waals surface area contributed by atoms with Gasteiger partial charge in [-0.15, -0.1) is 0 Å². The molecule has 0 aliphatic heterocycles. The molecule has 5 aromatic rings. The van der Waals surface area contributed by atoms with Crippen molar-refractivity contribution in [2.24, 2.45) is 0 Å². The summed E-state index contributed by atoms with van der Waals surface area (Å²) in [6.07, 6.45) is 2.40. The molecule has 1 aromatic heterocycles. The highest BCUT2D eigenvalue weighted by molar-refractivity contribution is 5.92. The highest BCUT2D eigenvalue weighted by atomic mass is 16.5. The molecule has 5 heteroatoms. The molecule has 5 nitrogen and oxygen atoms in total. The fourth-order valence-corrected chi connectivity index (χ4v) is 4.75. The van der Waals surface area contributed by atoms with Crippen LogP contribution >= 0.6 is 0 Å². The fourth-order valence-electron chi connectivity index (χ4n) is 4.75. The lowest BCUT2D eigenvalue weighted by Crippen LogP contribution is -2.01. The largest absolute Gasteiger partial charge is 0.496 e. The third-order valence-corrected chi connectivity index (χ3v) is 6.61. The standard InChI is InChI=1S/C32H29NO4/c1-34-29-15-14-25(31(36-3)32(29)37-4)18-28-26-20-27(30(35-2)19-24(26)16-17-33-28)23-12-10-22(11-13-23)21-8-6-5-7-9-21/h5-17,19-20H,18H2,1-4H3. The summed E-state index contributed by atoms with van der Waals surface area (Å²) in [4.78, 5) is 4.75. The molecule has 4 aromatic carbocycles. The van der Waals surface area contributed by atoms with Crippen LogP contribution in [0.3, 0.4) is 0 Å². The van der Waals surface area contributed by atoms with E-state index in [2.05, 4.69) is 60.7 Å². The van der Waals surface area contributed by atoms with E-state index in [-0.39, 0.29) is 0 Å². The molecule has 0 spiro atoms. The molecule has 37 heavy (non-hydrogen) atoms. The van der Waals surface area contributed by atoms with Crippen LogP contribution in [0.4, 0.5) is 0 Å². The summed E-state index contributed by atoms with van der Waals surface area (Å²) >= 11 is 0. The van der Waals surface area contributed by atoms with Crippen LogP contribution in [-0.2, 0) is 6.42 Å². The molecule has 0 unspecified atom stereocenters. The third-order valence-electron chi connectivity index (χ3n) is 6.61. The Balaban J connectivity index is 1.58. The number of hydrogen-bond acceptors (Lipinski definition) is 5. The average Bonchev–Trinajstić information content (AvgIpc) is 2.96. The van der Waals surface area contributed by atoms with Crippen molar-refractivity contribution in [3.8, 4) is 45.3 Å². The van der Waals surface area contributed by atoms with Crippen molar-refractivity contribution in [3.05, 3.63) is 102 Å². The first-order valence-electron chi connectivity index (χ1n) is 12.1. The van der Waals surface area contributed by atoms with Crippen LogP contribution in [0.1, 0.15) is 11.3 Å². The van der Waals surface area contributed by atoms with E-state index in [0.29, 0.717) is 23.7 Å². The number of pyridine rings is 1. The second kappa shape index (κ2) is 10.6. The second-order valence-corrected chi connectivity index (χ2v) is 8.64. The number of methoxy groups -OCH3 is 4. The Hall–Kier alpha value is -4.51. The molecule has 0 atom stereocenters. The number of ether oxygens (including phenoxy) is 4. The predicted octanol–water partition coefficient (Wildman–Crippen LogP) is 7.19. The Morgan fingerprint density at radius 2 is 1.27 bits per heavy atom. The molecule has 0 saturated heterocycles. The van der Waals surface area contributed by atoms with Gasteiger partial charge >= 0.3 is 0 Å². The summed E-state index contributed by atoms with van der Waals surface area (Å²) < 4.78 is 22.6. The predicted molar refractivity (Wildman–Crippen MR) is 148 cm³/mol. The van der Waals surface area contributed by atoms with Gasteiger partial charge in [-0.1, -0.05) is 60.7 Å². The molecule has 1 heterocycles. The van der Waals surface area contributed by atoms with E-state index >= 15 is 0 Å². The van der Waals surface area contributed by atoms with Gasteiger partial charge in [0, 0.05) is 29.1 Å². The van der Waals surface area contributed by atoms with Gasteiger partial charge in [0.1, 0.15) is 5.75 Å². The lowest BCUT2D eigenvalue weighted by Gasteiger charge is -2.17. The Labute approximate surface area is 217 Å². The zero-order valence-electron chi connectivity index (χ0n) is 21.4. The SMILES string of the molecule is COc1cc2ccnc(Cc3ccc(OC)c(OC)c3OC)c2cc1-c1ccc(-c2ccccc2)cc1. The third kappa shape index (κ3) is 4.68. The van der Waals surface area contributed by atoms with E-state index in [0.717, 1.165) is 38.9 Å². The Kier molecular flexibility index (Phi) is 6.95. The highest BCUT2D eigenvalue weighted by Gasteiger charge is 2.18. The molecule has 0 amide bonds. The van der Waals surface area contributed by atoms with Crippen molar-refractivity contribution < 1.29 is 18.9 Å². The van der Waals surface area contributed by atoms with Gasteiger partial charge in [0.25, 0.3) is 0 Å². The molecule has 5 rings (SSSR count). The fraction of sp³-hybridized carbons (Fsp3) is 0.156. The lowest BCUT2D eigenvalue weighted by atomic mass is 9.95. The first kappa shape index (κ1) is 24.2. The van der Waals surface area contributed by atoms with Crippen LogP contribution in [0, 0.1) is 0 Å². The molecule has 0 N–H and O–H groups in total. The minimum absolute atomic E-state index is 0.569. The maximum atomic E-state index is 5.80. The monoisotopic (exact) mass is 491 g/mol. The van der Waals surface area contributed by atoms with Crippen molar-refractivity contribution in [1.29, 1.82) is 0 Å². The molecule has 0 aliphatic rings. The van der Waals surface area contributed by atoms with Crippen molar-refractivity contribution in [3.63, 3.8) is 0 Å². The lowest BCUT2D eigenvalue weighted by molar-refractivity contribution is 0.322. The molecule has 0 aliphatic carbocycles. The van der Waals surface area contributed by atoms with Crippen LogP contribution in [0.15, 0.2) is 91.1 Å². The minimum Gasteiger partial charge on any atom is -0.496 e. The van der Waals surface area contributed by atoms with Gasteiger partial charge in [-0.05, 0) is 46.3 Å². The normalized spacial score (nSPS) is 10.8. The number of rotatable bonds is 8. The zero-order chi connectivity index (χ0) is 25.8. The quantitative estimate of drug-likeness (QED) is 0.230. The Bertz CT molecular complexity index is 1530. The van der Waals surface area contributed by atoms with E-state index in [1.165, 1.54) is 11.1 Å². The van der Waals surface area contributed by atoms with E-state index in [1.807, 2.05) is 30.5 Å². The number of fused-ring (bicyclic) bond motifs is 1. The van der Waals surface area contributed by atoms with Crippen LogP contribution in [0.5, 0.6) is 23.0 Å². The Morgan fingerprint density at radius 1 is 0.595 bits per heavy atom. The summed E-state index contributed by atoms with van der Waals surface area (Å²) in [6, 6.07) is 29.1. The molecular weight excluding hydrogens is 462 g/mol. The first-order chi connectivity index (χ1) is 18.2. The molecular formula is C32H29NO4.